The summed E-state index contributed by atoms with van der Waals surface area (Å²) in [5, 5.41) is 8.93. The van der Waals surface area contributed by atoms with Gasteiger partial charge in [0.15, 0.2) is 0 Å². The van der Waals surface area contributed by atoms with Gasteiger partial charge in [0.1, 0.15) is 11.6 Å². The smallest absolute Gasteiger partial charge is 0.308 e. The van der Waals surface area contributed by atoms with Crippen LogP contribution in [-0.4, -0.2) is 35.0 Å². The fraction of sp³-hybridized carbons (Fsp3) is 0.467. The zero-order chi connectivity index (χ0) is 15.1. The maximum absolute atomic E-state index is 13.7. The van der Waals surface area contributed by atoms with Crippen molar-refractivity contribution < 1.29 is 23.5 Å². The molecule has 1 aromatic rings. The topological polar surface area (TPSA) is 57.6 Å². The second-order valence-electron chi connectivity index (χ2n) is 5.69. The Kier molecular flexibility index (Phi) is 3.39. The Hall–Kier alpha value is -1.98. The molecular formula is C15H15F2NO3. The predicted octanol–water partition coefficient (Wildman–Crippen LogP) is 2.00. The number of carboxylic acid groups (broad SMARTS) is 1. The lowest BCUT2D eigenvalue weighted by molar-refractivity contribution is -0.141. The number of halogens is 2. The van der Waals surface area contributed by atoms with Crippen LogP contribution in [0.15, 0.2) is 18.2 Å². The Morgan fingerprint density at radius 3 is 2.48 bits per heavy atom. The molecule has 0 aromatic heterocycles. The van der Waals surface area contributed by atoms with Gasteiger partial charge in [-0.15, -0.1) is 0 Å². The van der Waals surface area contributed by atoms with Crippen molar-refractivity contribution >= 4 is 11.9 Å². The molecule has 0 radical (unpaired) electrons. The first-order valence-corrected chi connectivity index (χ1v) is 6.94. The summed E-state index contributed by atoms with van der Waals surface area (Å²) in [6.45, 7) is 0.593. The number of likely N-dealkylation sites (tertiary alicyclic amines) is 1. The summed E-state index contributed by atoms with van der Waals surface area (Å²) in [6.07, 6.45) is 0.859. The van der Waals surface area contributed by atoms with Gasteiger partial charge in [0.05, 0.1) is 5.92 Å². The van der Waals surface area contributed by atoms with Gasteiger partial charge in [-0.05, 0) is 25.0 Å². The number of carboxylic acids is 1. The van der Waals surface area contributed by atoms with E-state index in [2.05, 4.69) is 0 Å². The lowest BCUT2D eigenvalue weighted by Gasteiger charge is -2.16. The van der Waals surface area contributed by atoms with Crippen LogP contribution in [0.4, 0.5) is 8.78 Å². The quantitative estimate of drug-likeness (QED) is 0.928. The van der Waals surface area contributed by atoms with E-state index in [9.17, 15) is 18.4 Å². The summed E-state index contributed by atoms with van der Waals surface area (Å²) >= 11 is 0. The standard InChI is InChI=1S/C15H15F2NO3/c16-11-2-1-3-12(17)13(11)9-6-10(9)14(19)18-5-4-8(7-18)15(20)21/h1-3,8-10H,4-7H2,(H,20,21)/t8-,9-,10-/m1/s1. The molecule has 6 heteroatoms. The fourth-order valence-electron chi connectivity index (χ4n) is 3.05. The number of hydrogen-bond acceptors (Lipinski definition) is 2. The minimum atomic E-state index is -0.905. The Balaban J connectivity index is 1.68. The van der Waals surface area contributed by atoms with Crippen LogP contribution in [0.1, 0.15) is 24.3 Å². The Morgan fingerprint density at radius 2 is 1.90 bits per heavy atom. The average Bonchev–Trinajstić information content (AvgIpc) is 3.03. The van der Waals surface area contributed by atoms with Crippen LogP contribution in [0.2, 0.25) is 0 Å². The van der Waals surface area contributed by atoms with E-state index in [1.54, 1.807) is 0 Å². The third kappa shape index (κ3) is 2.50. The van der Waals surface area contributed by atoms with E-state index in [4.69, 9.17) is 5.11 Å². The normalized spacial score (nSPS) is 27.7. The molecule has 1 saturated heterocycles. The van der Waals surface area contributed by atoms with Crippen LogP contribution >= 0.6 is 0 Å². The molecule has 2 fully saturated rings. The van der Waals surface area contributed by atoms with E-state index in [1.807, 2.05) is 0 Å². The molecule has 3 rings (SSSR count). The second-order valence-corrected chi connectivity index (χ2v) is 5.69. The molecule has 1 aliphatic heterocycles. The lowest BCUT2D eigenvalue weighted by atomic mass is 10.1. The molecule has 0 spiro atoms. The Bertz CT molecular complexity index is 584. The third-order valence-electron chi connectivity index (χ3n) is 4.33. The number of nitrogens with zero attached hydrogens (tertiary/aromatic N) is 1. The first-order chi connectivity index (χ1) is 9.99. The zero-order valence-electron chi connectivity index (χ0n) is 11.3. The van der Waals surface area contributed by atoms with Crippen molar-refractivity contribution in [2.45, 2.75) is 18.8 Å². The number of amides is 1. The first-order valence-electron chi connectivity index (χ1n) is 6.94. The highest BCUT2D eigenvalue weighted by molar-refractivity contribution is 5.84. The maximum atomic E-state index is 13.7. The molecule has 1 aliphatic carbocycles. The minimum Gasteiger partial charge on any atom is -0.481 e. The van der Waals surface area contributed by atoms with Crippen LogP contribution in [0.3, 0.4) is 0 Å². The Labute approximate surface area is 120 Å². The van der Waals surface area contributed by atoms with E-state index in [0.29, 0.717) is 19.4 Å². The van der Waals surface area contributed by atoms with Gasteiger partial charge >= 0.3 is 5.97 Å². The molecule has 4 nitrogen and oxygen atoms in total. The van der Waals surface area contributed by atoms with E-state index in [-0.39, 0.29) is 18.0 Å². The highest BCUT2D eigenvalue weighted by Gasteiger charge is 2.49. The van der Waals surface area contributed by atoms with Crippen molar-refractivity contribution in [2.75, 3.05) is 13.1 Å². The molecule has 3 atom stereocenters. The fourth-order valence-corrected chi connectivity index (χ4v) is 3.05. The molecule has 0 bridgehead atoms. The first kappa shape index (κ1) is 14.0. The highest BCUT2D eigenvalue weighted by atomic mass is 19.1. The SMILES string of the molecule is O=C(O)[C@@H]1CCN(C(=O)[C@@H]2C[C@H]2c2c(F)cccc2F)C1. The van der Waals surface area contributed by atoms with Gasteiger partial charge in [-0.1, -0.05) is 6.07 Å². The van der Waals surface area contributed by atoms with Crippen molar-refractivity contribution in [3.8, 4) is 0 Å². The molecule has 112 valence electrons. The van der Waals surface area contributed by atoms with Gasteiger partial charge in [-0.3, -0.25) is 9.59 Å². The second kappa shape index (κ2) is 5.09. The van der Waals surface area contributed by atoms with E-state index in [1.165, 1.54) is 23.1 Å². The van der Waals surface area contributed by atoms with Crippen LogP contribution in [0, 0.1) is 23.5 Å². The highest BCUT2D eigenvalue weighted by Crippen LogP contribution is 2.50. The Morgan fingerprint density at radius 1 is 1.24 bits per heavy atom. The maximum Gasteiger partial charge on any atom is 0.308 e. The molecule has 1 amide bonds. The van der Waals surface area contributed by atoms with Gasteiger partial charge in [0, 0.05) is 30.5 Å². The summed E-state index contributed by atoms with van der Waals surface area (Å²) in [4.78, 5) is 24.7. The van der Waals surface area contributed by atoms with Gasteiger partial charge in [-0.2, -0.15) is 0 Å². The zero-order valence-corrected chi connectivity index (χ0v) is 11.3. The average molecular weight is 295 g/mol. The molecule has 2 aliphatic rings. The molecule has 1 saturated carbocycles. The largest absolute Gasteiger partial charge is 0.481 e. The third-order valence-corrected chi connectivity index (χ3v) is 4.33. The molecule has 1 N–H and O–H groups in total. The number of carbonyl (C=O) groups is 2. The number of benzene rings is 1. The number of aliphatic carboxylic acids is 1. The van der Waals surface area contributed by atoms with Gasteiger partial charge in [0.2, 0.25) is 5.91 Å². The van der Waals surface area contributed by atoms with E-state index >= 15 is 0 Å². The van der Waals surface area contributed by atoms with Crippen LogP contribution in [0.5, 0.6) is 0 Å². The van der Waals surface area contributed by atoms with Crippen molar-refractivity contribution in [3.63, 3.8) is 0 Å². The van der Waals surface area contributed by atoms with Crippen LogP contribution in [0.25, 0.3) is 0 Å². The van der Waals surface area contributed by atoms with Gasteiger partial charge in [0.25, 0.3) is 0 Å². The molecule has 1 aromatic carbocycles. The van der Waals surface area contributed by atoms with E-state index in [0.717, 1.165) is 0 Å². The van der Waals surface area contributed by atoms with Gasteiger partial charge in [-0.25, -0.2) is 8.78 Å². The van der Waals surface area contributed by atoms with Crippen molar-refractivity contribution in [3.05, 3.63) is 35.4 Å². The van der Waals surface area contributed by atoms with Crippen molar-refractivity contribution in [1.82, 2.24) is 4.90 Å². The molecule has 21 heavy (non-hydrogen) atoms. The molecule has 1 heterocycles. The monoisotopic (exact) mass is 295 g/mol. The van der Waals surface area contributed by atoms with Crippen LogP contribution in [-0.2, 0) is 9.59 Å². The van der Waals surface area contributed by atoms with E-state index < -0.39 is 35.4 Å². The summed E-state index contributed by atoms with van der Waals surface area (Å²) in [6, 6.07) is 3.68. The predicted molar refractivity (Wildman–Crippen MR) is 69.5 cm³/mol. The number of hydrogen-bond donors (Lipinski definition) is 1. The van der Waals surface area contributed by atoms with Crippen molar-refractivity contribution in [2.24, 2.45) is 11.8 Å². The summed E-state index contributed by atoms with van der Waals surface area (Å²) < 4.78 is 27.4. The lowest BCUT2D eigenvalue weighted by Crippen LogP contribution is -2.31. The summed E-state index contributed by atoms with van der Waals surface area (Å²) in [5.41, 5.74) is -0.0233. The number of rotatable bonds is 3. The molecule has 0 unspecified atom stereocenters. The summed E-state index contributed by atoms with van der Waals surface area (Å²) in [5.74, 6) is -3.73. The number of carbonyl (C=O) groups excluding carboxylic acids is 1. The van der Waals surface area contributed by atoms with Gasteiger partial charge < -0.3 is 10.0 Å². The molecular weight excluding hydrogens is 280 g/mol. The van der Waals surface area contributed by atoms with Crippen molar-refractivity contribution in [1.29, 1.82) is 0 Å². The van der Waals surface area contributed by atoms with Crippen LogP contribution < -0.4 is 0 Å². The minimum absolute atomic E-state index is 0.0233. The summed E-state index contributed by atoms with van der Waals surface area (Å²) in [7, 11) is 0.